The summed E-state index contributed by atoms with van der Waals surface area (Å²) in [5.41, 5.74) is 0.249. The SMILES string of the molecule is COC(C)CNS(=O)(=O)c1ccc(/C=C/C(=O)O)cc1F. The van der Waals surface area contributed by atoms with E-state index in [1.54, 1.807) is 6.92 Å². The second-order valence-corrected chi connectivity index (χ2v) is 6.00. The first kappa shape index (κ1) is 17.3. The van der Waals surface area contributed by atoms with Crippen molar-refractivity contribution in [3.8, 4) is 0 Å². The molecule has 1 atom stereocenters. The lowest BCUT2D eigenvalue weighted by Crippen LogP contribution is -2.32. The largest absolute Gasteiger partial charge is 0.478 e. The first-order valence-electron chi connectivity index (χ1n) is 5.99. The van der Waals surface area contributed by atoms with E-state index < -0.39 is 26.7 Å². The van der Waals surface area contributed by atoms with Crippen molar-refractivity contribution >= 4 is 22.1 Å². The molecule has 0 aliphatic carbocycles. The molecule has 0 radical (unpaired) electrons. The molecule has 0 aliphatic rings. The fourth-order valence-corrected chi connectivity index (χ4v) is 2.57. The van der Waals surface area contributed by atoms with E-state index in [4.69, 9.17) is 9.84 Å². The third-order valence-corrected chi connectivity index (χ3v) is 4.08. The molecule has 0 aromatic heterocycles. The van der Waals surface area contributed by atoms with Crippen LogP contribution in [0.2, 0.25) is 0 Å². The van der Waals surface area contributed by atoms with E-state index >= 15 is 0 Å². The van der Waals surface area contributed by atoms with E-state index in [0.717, 1.165) is 18.2 Å². The van der Waals surface area contributed by atoms with Gasteiger partial charge >= 0.3 is 5.97 Å². The van der Waals surface area contributed by atoms with Gasteiger partial charge in [0.15, 0.2) is 0 Å². The van der Waals surface area contributed by atoms with Crippen molar-refractivity contribution in [3.63, 3.8) is 0 Å². The number of carboxylic acid groups (broad SMARTS) is 1. The van der Waals surface area contributed by atoms with Crippen LogP contribution in [0.5, 0.6) is 0 Å². The summed E-state index contributed by atoms with van der Waals surface area (Å²) in [4.78, 5) is 9.86. The molecule has 0 bridgehead atoms. The maximum absolute atomic E-state index is 13.8. The molecule has 116 valence electrons. The highest BCUT2D eigenvalue weighted by atomic mass is 32.2. The molecule has 8 heteroatoms. The van der Waals surface area contributed by atoms with E-state index in [1.807, 2.05) is 0 Å². The highest BCUT2D eigenvalue weighted by Crippen LogP contribution is 2.17. The predicted molar refractivity (Wildman–Crippen MR) is 74.7 cm³/mol. The molecule has 0 spiro atoms. The van der Waals surface area contributed by atoms with Gasteiger partial charge < -0.3 is 9.84 Å². The van der Waals surface area contributed by atoms with Gasteiger partial charge in [0.05, 0.1) is 6.10 Å². The van der Waals surface area contributed by atoms with Gasteiger partial charge in [0.1, 0.15) is 10.7 Å². The Morgan fingerprint density at radius 1 is 1.52 bits per heavy atom. The highest BCUT2D eigenvalue weighted by Gasteiger charge is 2.19. The fraction of sp³-hybridized carbons (Fsp3) is 0.308. The molecule has 0 fully saturated rings. The van der Waals surface area contributed by atoms with Gasteiger partial charge in [0.2, 0.25) is 10.0 Å². The number of rotatable bonds is 7. The fourth-order valence-electron chi connectivity index (χ4n) is 1.39. The first-order valence-corrected chi connectivity index (χ1v) is 7.47. The van der Waals surface area contributed by atoms with Crippen molar-refractivity contribution < 1.29 is 27.4 Å². The zero-order valence-electron chi connectivity index (χ0n) is 11.5. The number of halogens is 1. The molecule has 1 aromatic rings. The van der Waals surface area contributed by atoms with E-state index in [1.165, 1.54) is 19.3 Å². The number of hydrogen-bond donors (Lipinski definition) is 2. The van der Waals surface area contributed by atoms with Crippen molar-refractivity contribution in [2.24, 2.45) is 0 Å². The van der Waals surface area contributed by atoms with Gasteiger partial charge in [-0.2, -0.15) is 0 Å². The second kappa shape index (κ2) is 7.30. The van der Waals surface area contributed by atoms with Gasteiger partial charge in [-0.15, -0.1) is 0 Å². The number of ether oxygens (including phenoxy) is 1. The summed E-state index contributed by atoms with van der Waals surface area (Å²) in [7, 11) is -2.56. The van der Waals surface area contributed by atoms with Crippen molar-refractivity contribution in [2.75, 3.05) is 13.7 Å². The molecule has 21 heavy (non-hydrogen) atoms. The Labute approximate surface area is 122 Å². The molecule has 2 N–H and O–H groups in total. The predicted octanol–water partition coefficient (Wildman–Crippen LogP) is 1.24. The monoisotopic (exact) mass is 317 g/mol. The molecule has 1 aromatic carbocycles. The number of methoxy groups -OCH3 is 1. The standard InChI is InChI=1S/C13H16FNO5S/c1-9(20-2)8-15-21(18,19)12-5-3-10(7-11(12)14)4-6-13(16)17/h3-7,9,15H,8H2,1-2H3,(H,16,17)/b6-4+. The zero-order chi connectivity index (χ0) is 16.0. The average Bonchev–Trinajstić information content (AvgIpc) is 2.42. The van der Waals surface area contributed by atoms with Gasteiger partial charge in [0.25, 0.3) is 0 Å². The molecule has 0 amide bonds. The third kappa shape index (κ3) is 5.25. The van der Waals surface area contributed by atoms with Gasteiger partial charge in [-0.05, 0) is 30.7 Å². The number of benzene rings is 1. The van der Waals surface area contributed by atoms with Crippen LogP contribution in [0, 0.1) is 5.82 Å². The molecule has 6 nitrogen and oxygen atoms in total. The van der Waals surface area contributed by atoms with Crippen molar-refractivity contribution in [1.82, 2.24) is 4.72 Å². The molecular formula is C13H16FNO5S. The van der Waals surface area contributed by atoms with Crippen LogP contribution in [0.15, 0.2) is 29.2 Å². The Morgan fingerprint density at radius 3 is 2.71 bits per heavy atom. The van der Waals surface area contributed by atoms with Crippen LogP contribution in [0.25, 0.3) is 6.08 Å². The number of carbonyl (C=O) groups is 1. The summed E-state index contributed by atoms with van der Waals surface area (Å²) in [5.74, 6) is -2.14. The Morgan fingerprint density at radius 2 is 2.19 bits per heavy atom. The minimum Gasteiger partial charge on any atom is -0.478 e. The van der Waals surface area contributed by atoms with Crippen LogP contribution in [0.3, 0.4) is 0 Å². The Bertz CT molecular complexity index is 642. The third-order valence-electron chi connectivity index (χ3n) is 2.63. The molecule has 0 aliphatic heterocycles. The van der Waals surface area contributed by atoms with Gasteiger partial charge in [0, 0.05) is 19.7 Å². The summed E-state index contributed by atoms with van der Waals surface area (Å²) in [5, 5.41) is 8.47. The first-order chi connectivity index (χ1) is 9.76. The highest BCUT2D eigenvalue weighted by molar-refractivity contribution is 7.89. The minimum absolute atomic E-state index is 0.0128. The summed E-state index contributed by atoms with van der Waals surface area (Å²) < 4.78 is 44.8. The minimum atomic E-state index is -3.99. The maximum Gasteiger partial charge on any atom is 0.328 e. The number of sulfonamides is 1. The van der Waals surface area contributed by atoms with Crippen molar-refractivity contribution in [2.45, 2.75) is 17.9 Å². The van der Waals surface area contributed by atoms with E-state index in [-0.39, 0.29) is 18.2 Å². The van der Waals surface area contributed by atoms with Crippen molar-refractivity contribution in [3.05, 3.63) is 35.7 Å². The summed E-state index contributed by atoms with van der Waals surface area (Å²) >= 11 is 0. The normalized spacial score (nSPS) is 13.5. The van der Waals surface area contributed by atoms with Crippen LogP contribution in [-0.2, 0) is 19.6 Å². The Hall–Kier alpha value is -1.77. The Balaban J connectivity index is 2.96. The second-order valence-electron chi connectivity index (χ2n) is 4.26. The number of aliphatic carboxylic acids is 1. The lowest BCUT2D eigenvalue weighted by molar-refractivity contribution is -0.131. The summed E-state index contributed by atoms with van der Waals surface area (Å²) in [6.45, 7) is 1.68. The molecule has 1 rings (SSSR count). The number of carboxylic acids is 1. The number of hydrogen-bond acceptors (Lipinski definition) is 4. The average molecular weight is 317 g/mol. The van der Waals surface area contributed by atoms with Crippen LogP contribution in [0.4, 0.5) is 4.39 Å². The maximum atomic E-state index is 13.8. The zero-order valence-corrected chi connectivity index (χ0v) is 12.4. The quantitative estimate of drug-likeness (QED) is 0.738. The topological polar surface area (TPSA) is 92.7 Å². The molecule has 0 saturated carbocycles. The summed E-state index contributed by atoms with van der Waals surface area (Å²) in [6.07, 6.45) is 1.66. The van der Waals surface area contributed by atoms with Crippen LogP contribution >= 0.6 is 0 Å². The van der Waals surface area contributed by atoms with Gasteiger partial charge in [-0.25, -0.2) is 22.3 Å². The van der Waals surface area contributed by atoms with E-state index in [9.17, 15) is 17.6 Å². The van der Waals surface area contributed by atoms with Crippen molar-refractivity contribution in [1.29, 1.82) is 0 Å². The van der Waals surface area contributed by atoms with Crippen LogP contribution in [-0.4, -0.2) is 39.3 Å². The molecule has 0 heterocycles. The smallest absolute Gasteiger partial charge is 0.328 e. The van der Waals surface area contributed by atoms with Crippen LogP contribution < -0.4 is 4.72 Å². The van der Waals surface area contributed by atoms with Crippen LogP contribution in [0.1, 0.15) is 12.5 Å². The van der Waals surface area contributed by atoms with E-state index in [0.29, 0.717) is 0 Å². The lowest BCUT2D eigenvalue weighted by Gasteiger charge is -2.12. The molecular weight excluding hydrogens is 301 g/mol. The number of nitrogens with one attached hydrogen (secondary N) is 1. The van der Waals surface area contributed by atoms with E-state index in [2.05, 4.69) is 4.72 Å². The lowest BCUT2D eigenvalue weighted by atomic mass is 10.2. The Kier molecular flexibility index (Phi) is 6.01. The van der Waals surface area contributed by atoms with Gasteiger partial charge in [-0.3, -0.25) is 0 Å². The molecule has 0 saturated heterocycles. The molecule has 1 unspecified atom stereocenters. The van der Waals surface area contributed by atoms with Gasteiger partial charge in [-0.1, -0.05) is 6.07 Å². The summed E-state index contributed by atoms with van der Waals surface area (Å²) in [6, 6.07) is 3.35.